The first-order valence-corrected chi connectivity index (χ1v) is 4.46. The minimum absolute atomic E-state index is 0.540. The van der Waals surface area contributed by atoms with Gasteiger partial charge in [0.15, 0.2) is 0 Å². The van der Waals surface area contributed by atoms with Gasteiger partial charge >= 0.3 is 0 Å². The van der Waals surface area contributed by atoms with Crippen LogP contribution in [0.3, 0.4) is 0 Å². The second kappa shape index (κ2) is 3.85. The Morgan fingerprint density at radius 1 is 1.42 bits per heavy atom. The summed E-state index contributed by atoms with van der Waals surface area (Å²) in [4.78, 5) is 8.27. The lowest BCUT2D eigenvalue weighted by atomic mass is 10.1. The van der Waals surface area contributed by atoms with Gasteiger partial charge in [-0.05, 0) is 25.3 Å². The van der Waals surface area contributed by atoms with Crippen molar-refractivity contribution in [1.29, 1.82) is 0 Å². The minimum atomic E-state index is 0.540. The zero-order valence-corrected chi connectivity index (χ0v) is 8.39. The normalized spacial score (nSPS) is 10.8. The average Bonchev–Trinajstić information content (AvgIpc) is 1.81. The van der Waals surface area contributed by atoms with E-state index in [1.807, 2.05) is 13.0 Å². The van der Waals surface area contributed by atoms with Crippen molar-refractivity contribution in [3.05, 3.63) is 22.7 Å². The Labute approximate surface area is 78.0 Å². The van der Waals surface area contributed by atoms with Gasteiger partial charge in [-0.1, -0.05) is 25.4 Å². The first-order valence-electron chi connectivity index (χ1n) is 4.08. The lowest BCUT2D eigenvalue weighted by Gasteiger charge is -2.04. The predicted octanol–water partition coefficient (Wildman–Crippen LogP) is 2.64. The molecular formula is C9H13ClN2. The van der Waals surface area contributed by atoms with Crippen molar-refractivity contribution in [3.8, 4) is 0 Å². The van der Waals surface area contributed by atoms with Crippen LogP contribution in [0.1, 0.15) is 25.4 Å². The number of aromatic nitrogens is 2. The van der Waals surface area contributed by atoms with Crippen LogP contribution in [0.25, 0.3) is 0 Å². The molecule has 0 aliphatic heterocycles. The molecule has 0 aromatic carbocycles. The van der Waals surface area contributed by atoms with E-state index in [9.17, 15) is 0 Å². The highest BCUT2D eigenvalue weighted by atomic mass is 35.5. The van der Waals surface area contributed by atoms with Crippen LogP contribution in [0.2, 0.25) is 5.15 Å². The van der Waals surface area contributed by atoms with Gasteiger partial charge in [-0.25, -0.2) is 9.97 Å². The molecule has 1 aromatic heterocycles. The number of hydrogen-bond acceptors (Lipinski definition) is 2. The van der Waals surface area contributed by atoms with Gasteiger partial charge < -0.3 is 0 Å². The minimum Gasteiger partial charge on any atom is -0.238 e. The Morgan fingerprint density at radius 2 is 2.08 bits per heavy atom. The fraction of sp³-hybridized carbons (Fsp3) is 0.556. The molecule has 0 atom stereocenters. The van der Waals surface area contributed by atoms with E-state index in [1.54, 1.807) is 0 Å². The Morgan fingerprint density at radius 3 is 2.58 bits per heavy atom. The second-order valence-corrected chi connectivity index (χ2v) is 3.71. The van der Waals surface area contributed by atoms with Gasteiger partial charge in [0.1, 0.15) is 11.0 Å². The number of aryl methyl sites for hydroxylation is 1. The van der Waals surface area contributed by atoms with Crippen LogP contribution in [-0.4, -0.2) is 9.97 Å². The summed E-state index contributed by atoms with van der Waals surface area (Å²) in [5.74, 6) is 1.36. The first kappa shape index (κ1) is 9.46. The van der Waals surface area contributed by atoms with Crippen molar-refractivity contribution < 1.29 is 0 Å². The Bertz CT molecular complexity index is 251. The first-order chi connectivity index (χ1) is 5.58. The highest BCUT2D eigenvalue weighted by molar-refractivity contribution is 6.29. The molecule has 2 nitrogen and oxygen atoms in total. The van der Waals surface area contributed by atoms with Crippen LogP contribution in [-0.2, 0) is 6.42 Å². The van der Waals surface area contributed by atoms with Crippen molar-refractivity contribution in [2.24, 2.45) is 5.92 Å². The molecule has 3 heteroatoms. The van der Waals surface area contributed by atoms with E-state index in [0.717, 1.165) is 17.9 Å². The van der Waals surface area contributed by atoms with E-state index in [4.69, 9.17) is 11.6 Å². The van der Waals surface area contributed by atoms with Crippen molar-refractivity contribution in [2.75, 3.05) is 0 Å². The molecule has 0 unspecified atom stereocenters. The zero-order chi connectivity index (χ0) is 9.14. The molecule has 0 bridgehead atoms. The third-order valence-corrected chi connectivity index (χ3v) is 1.67. The summed E-state index contributed by atoms with van der Waals surface area (Å²) in [7, 11) is 0. The molecule has 1 aromatic rings. The monoisotopic (exact) mass is 184 g/mol. The van der Waals surface area contributed by atoms with Crippen LogP contribution in [0.5, 0.6) is 0 Å². The SMILES string of the molecule is Cc1nc(Cl)cc(CC(C)C)n1. The van der Waals surface area contributed by atoms with E-state index in [-0.39, 0.29) is 0 Å². The molecule has 0 radical (unpaired) electrons. The Kier molecular flexibility index (Phi) is 3.04. The van der Waals surface area contributed by atoms with Gasteiger partial charge in [0.05, 0.1) is 0 Å². The molecule has 0 saturated carbocycles. The molecule has 66 valence electrons. The van der Waals surface area contributed by atoms with Crippen LogP contribution < -0.4 is 0 Å². The number of rotatable bonds is 2. The summed E-state index contributed by atoms with van der Waals surface area (Å²) in [5, 5.41) is 0.540. The maximum absolute atomic E-state index is 5.78. The number of halogens is 1. The van der Waals surface area contributed by atoms with E-state index in [1.165, 1.54) is 0 Å². The van der Waals surface area contributed by atoms with Crippen LogP contribution in [0, 0.1) is 12.8 Å². The summed E-state index contributed by atoms with van der Waals surface area (Å²) >= 11 is 5.78. The van der Waals surface area contributed by atoms with Gasteiger partial charge in [0.25, 0.3) is 0 Å². The summed E-state index contributed by atoms with van der Waals surface area (Å²) in [6, 6.07) is 1.83. The topological polar surface area (TPSA) is 25.8 Å². The molecule has 0 N–H and O–H groups in total. The van der Waals surface area contributed by atoms with E-state index in [0.29, 0.717) is 11.1 Å². The van der Waals surface area contributed by atoms with E-state index < -0.39 is 0 Å². The molecule has 1 rings (SSSR count). The lowest BCUT2D eigenvalue weighted by Crippen LogP contribution is -2.00. The summed E-state index contributed by atoms with van der Waals surface area (Å²) in [6.45, 7) is 6.17. The van der Waals surface area contributed by atoms with Gasteiger partial charge in [0, 0.05) is 5.69 Å². The van der Waals surface area contributed by atoms with Gasteiger partial charge in [-0.2, -0.15) is 0 Å². The van der Waals surface area contributed by atoms with Gasteiger partial charge in [-0.3, -0.25) is 0 Å². The zero-order valence-electron chi connectivity index (χ0n) is 7.63. The maximum atomic E-state index is 5.78. The Balaban J connectivity index is 2.85. The largest absolute Gasteiger partial charge is 0.238 e. The van der Waals surface area contributed by atoms with Crippen molar-refractivity contribution in [1.82, 2.24) is 9.97 Å². The maximum Gasteiger partial charge on any atom is 0.133 e. The Hall–Kier alpha value is -0.630. The second-order valence-electron chi connectivity index (χ2n) is 3.33. The van der Waals surface area contributed by atoms with E-state index in [2.05, 4.69) is 23.8 Å². The van der Waals surface area contributed by atoms with E-state index >= 15 is 0 Å². The van der Waals surface area contributed by atoms with Gasteiger partial charge in [-0.15, -0.1) is 0 Å². The van der Waals surface area contributed by atoms with Crippen LogP contribution >= 0.6 is 11.6 Å². The molecule has 0 aliphatic carbocycles. The average molecular weight is 185 g/mol. The summed E-state index contributed by atoms with van der Waals surface area (Å²) in [5.41, 5.74) is 1.03. The van der Waals surface area contributed by atoms with Crippen LogP contribution in [0.15, 0.2) is 6.07 Å². The smallest absolute Gasteiger partial charge is 0.133 e. The highest BCUT2D eigenvalue weighted by Crippen LogP contribution is 2.10. The third kappa shape index (κ3) is 2.78. The molecule has 0 aliphatic rings. The molecule has 12 heavy (non-hydrogen) atoms. The van der Waals surface area contributed by atoms with Crippen molar-refractivity contribution in [2.45, 2.75) is 27.2 Å². The quantitative estimate of drug-likeness (QED) is 0.661. The predicted molar refractivity (Wildman–Crippen MR) is 50.3 cm³/mol. The summed E-state index contributed by atoms with van der Waals surface area (Å²) < 4.78 is 0. The standard InChI is InChI=1S/C9H13ClN2/c1-6(2)4-8-5-9(10)12-7(3)11-8/h5-6H,4H2,1-3H3. The summed E-state index contributed by atoms with van der Waals surface area (Å²) in [6.07, 6.45) is 0.961. The molecule has 1 heterocycles. The molecule has 0 spiro atoms. The fourth-order valence-electron chi connectivity index (χ4n) is 1.11. The number of nitrogens with zero attached hydrogens (tertiary/aromatic N) is 2. The molecule has 0 saturated heterocycles. The third-order valence-electron chi connectivity index (χ3n) is 1.48. The molecular weight excluding hydrogens is 172 g/mol. The molecule has 0 fully saturated rings. The molecule has 0 amide bonds. The lowest BCUT2D eigenvalue weighted by molar-refractivity contribution is 0.632. The highest BCUT2D eigenvalue weighted by Gasteiger charge is 2.01. The fourth-order valence-corrected chi connectivity index (χ4v) is 1.36. The van der Waals surface area contributed by atoms with Crippen molar-refractivity contribution >= 4 is 11.6 Å². The van der Waals surface area contributed by atoms with Gasteiger partial charge in [0.2, 0.25) is 0 Å². The van der Waals surface area contributed by atoms with Crippen molar-refractivity contribution in [3.63, 3.8) is 0 Å². The van der Waals surface area contributed by atoms with Crippen LogP contribution in [0.4, 0.5) is 0 Å². The number of hydrogen-bond donors (Lipinski definition) is 0.